The van der Waals surface area contributed by atoms with Crippen LogP contribution in [0.15, 0.2) is 23.3 Å². The van der Waals surface area contributed by atoms with Gasteiger partial charge in [-0.2, -0.15) is 13.2 Å². The highest BCUT2D eigenvalue weighted by Gasteiger charge is 2.34. The summed E-state index contributed by atoms with van der Waals surface area (Å²) in [5.74, 6) is -0.464. The van der Waals surface area contributed by atoms with E-state index in [2.05, 4.69) is 4.98 Å². The minimum Gasteiger partial charge on any atom is -0.506 e. The molecule has 2 N–H and O–H groups in total. The lowest BCUT2D eigenvalue weighted by molar-refractivity contribution is -0.136. The number of hydrogen-bond acceptors (Lipinski definition) is 3. The number of phenols is 1. The molecule has 84 valence electrons. The number of benzene rings is 1. The molecule has 2 rings (SSSR count). The Morgan fingerprint density at radius 2 is 2.00 bits per heavy atom. The van der Waals surface area contributed by atoms with Crippen LogP contribution >= 0.6 is 0 Å². The van der Waals surface area contributed by atoms with Gasteiger partial charge in [-0.25, -0.2) is 4.98 Å². The maximum atomic E-state index is 12.6. The van der Waals surface area contributed by atoms with E-state index in [1.54, 1.807) is 0 Å². The molecular weight excluding hydrogens is 225 g/mol. The van der Waals surface area contributed by atoms with Crippen molar-refractivity contribution < 1.29 is 18.3 Å². The number of alkyl halides is 3. The second kappa shape index (κ2) is 3.22. The smallest absolute Gasteiger partial charge is 0.417 e. The number of hydrogen-bond donors (Lipinski definition) is 2. The van der Waals surface area contributed by atoms with E-state index in [0.717, 1.165) is 12.4 Å². The molecule has 7 heteroatoms. The fourth-order valence-corrected chi connectivity index (χ4v) is 1.40. The van der Waals surface area contributed by atoms with Gasteiger partial charge in [-0.1, -0.05) is 0 Å². The Morgan fingerprint density at radius 3 is 2.62 bits per heavy atom. The van der Waals surface area contributed by atoms with Gasteiger partial charge in [0, 0.05) is 0 Å². The van der Waals surface area contributed by atoms with Gasteiger partial charge >= 0.3 is 6.18 Å². The molecule has 0 saturated carbocycles. The first-order chi connectivity index (χ1) is 7.41. The molecule has 0 atom stereocenters. The van der Waals surface area contributed by atoms with E-state index >= 15 is 0 Å². The minimum atomic E-state index is -4.66. The second-order valence-corrected chi connectivity index (χ2v) is 3.09. The lowest BCUT2D eigenvalue weighted by Crippen LogP contribution is -2.14. The Bertz CT molecular complexity index is 604. The monoisotopic (exact) mass is 230 g/mol. The summed E-state index contributed by atoms with van der Waals surface area (Å²) < 4.78 is 37.7. The van der Waals surface area contributed by atoms with E-state index in [-0.39, 0.29) is 5.52 Å². The van der Waals surface area contributed by atoms with E-state index in [1.807, 2.05) is 4.98 Å². The number of nitrogens with one attached hydrogen (secondary N) is 1. The molecule has 0 unspecified atom stereocenters. The third-order valence-corrected chi connectivity index (χ3v) is 2.08. The van der Waals surface area contributed by atoms with Crippen molar-refractivity contribution in [2.75, 3.05) is 0 Å². The summed E-state index contributed by atoms with van der Waals surface area (Å²) in [7, 11) is 0. The topological polar surface area (TPSA) is 66.0 Å². The minimum absolute atomic E-state index is 0.362. The number of aromatic hydroxyl groups is 1. The average Bonchev–Trinajstić information content (AvgIpc) is 2.18. The first-order valence-corrected chi connectivity index (χ1v) is 4.18. The fraction of sp³-hybridized carbons (Fsp3) is 0.111. The number of H-pyrrole nitrogens is 1. The van der Waals surface area contributed by atoms with Gasteiger partial charge in [0.05, 0.1) is 17.3 Å². The highest BCUT2D eigenvalue weighted by Crippen LogP contribution is 2.35. The van der Waals surface area contributed by atoms with Crippen molar-refractivity contribution in [1.29, 1.82) is 0 Å². The number of aromatic nitrogens is 2. The van der Waals surface area contributed by atoms with Crippen LogP contribution in [0, 0.1) is 0 Å². The third-order valence-electron chi connectivity index (χ3n) is 2.08. The van der Waals surface area contributed by atoms with Crippen molar-refractivity contribution in [1.82, 2.24) is 9.97 Å². The SMILES string of the molecule is O=c1[nH]cnc2c(O)ccc(C(F)(F)F)c12. The molecule has 1 aromatic carbocycles. The Kier molecular flexibility index (Phi) is 2.11. The molecule has 0 radical (unpaired) electrons. The molecule has 1 heterocycles. The van der Waals surface area contributed by atoms with E-state index in [4.69, 9.17) is 0 Å². The van der Waals surface area contributed by atoms with Crippen LogP contribution in [-0.2, 0) is 6.18 Å². The molecule has 0 aliphatic rings. The van der Waals surface area contributed by atoms with E-state index in [0.29, 0.717) is 6.07 Å². The molecule has 16 heavy (non-hydrogen) atoms. The zero-order valence-electron chi connectivity index (χ0n) is 7.67. The average molecular weight is 230 g/mol. The van der Waals surface area contributed by atoms with Crippen molar-refractivity contribution >= 4 is 10.9 Å². The maximum Gasteiger partial charge on any atom is 0.417 e. The van der Waals surface area contributed by atoms with Crippen LogP contribution in [0.25, 0.3) is 10.9 Å². The van der Waals surface area contributed by atoms with E-state index in [1.165, 1.54) is 0 Å². The van der Waals surface area contributed by atoms with Crippen molar-refractivity contribution in [3.63, 3.8) is 0 Å². The zero-order valence-corrected chi connectivity index (χ0v) is 7.67. The molecule has 1 aromatic heterocycles. The molecule has 0 amide bonds. The van der Waals surface area contributed by atoms with Gasteiger partial charge in [0.2, 0.25) is 0 Å². The highest BCUT2D eigenvalue weighted by atomic mass is 19.4. The van der Waals surface area contributed by atoms with Crippen LogP contribution in [0.3, 0.4) is 0 Å². The molecule has 2 aromatic rings. The van der Waals surface area contributed by atoms with Crippen molar-refractivity contribution in [2.24, 2.45) is 0 Å². The number of nitrogens with zero attached hydrogens (tertiary/aromatic N) is 1. The first-order valence-electron chi connectivity index (χ1n) is 4.18. The number of halogens is 3. The van der Waals surface area contributed by atoms with E-state index in [9.17, 15) is 23.1 Å². The van der Waals surface area contributed by atoms with Gasteiger partial charge < -0.3 is 10.1 Å². The lowest BCUT2D eigenvalue weighted by Gasteiger charge is -2.09. The van der Waals surface area contributed by atoms with Gasteiger partial charge in [-0.05, 0) is 12.1 Å². The highest BCUT2D eigenvalue weighted by molar-refractivity contribution is 5.86. The van der Waals surface area contributed by atoms with Gasteiger partial charge in [0.25, 0.3) is 5.56 Å². The fourth-order valence-electron chi connectivity index (χ4n) is 1.40. The molecule has 0 fully saturated rings. The Balaban J connectivity index is 2.99. The maximum absolute atomic E-state index is 12.6. The Hall–Kier alpha value is -2.05. The van der Waals surface area contributed by atoms with Crippen LogP contribution in [0.4, 0.5) is 13.2 Å². The number of fused-ring (bicyclic) bond motifs is 1. The molecule has 0 saturated heterocycles. The van der Waals surface area contributed by atoms with Gasteiger partial charge in [0.1, 0.15) is 11.3 Å². The van der Waals surface area contributed by atoms with Gasteiger partial charge in [-0.15, -0.1) is 0 Å². The van der Waals surface area contributed by atoms with Crippen molar-refractivity contribution in [3.8, 4) is 5.75 Å². The lowest BCUT2D eigenvalue weighted by atomic mass is 10.1. The first kappa shape index (κ1) is 10.5. The third kappa shape index (κ3) is 1.50. The summed E-state index contributed by atoms with van der Waals surface area (Å²) in [5, 5.41) is 8.65. The largest absolute Gasteiger partial charge is 0.506 e. The van der Waals surface area contributed by atoms with Crippen LogP contribution in [0.1, 0.15) is 5.56 Å². The summed E-state index contributed by atoms with van der Waals surface area (Å²) in [6.07, 6.45) is -3.73. The predicted molar refractivity (Wildman–Crippen MR) is 49.0 cm³/mol. The number of rotatable bonds is 0. The summed E-state index contributed by atoms with van der Waals surface area (Å²) in [5.41, 5.74) is -2.42. The Labute approximate surface area is 86.4 Å². The van der Waals surface area contributed by atoms with Crippen LogP contribution < -0.4 is 5.56 Å². The molecule has 4 nitrogen and oxygen atoms in total. The van der Waals surface area contributed by atoms with Gasteiger partial charge in [-0.3, -0.25) is 4.79 Å². The Morgan fingerprint density at radius 1 is 1.31 bits per heavy atom. The summed E-state index contributed by atoms with van der Waals surface area (Å²) >= 11 is 0. The summed E-state index contributed by atoms with van der Waals surface area (Å²) in [4.78, 5) is 16.8. The quantitative estimate of drug-likeness (QED) is 0.723. The van der Waals surface area contributed by atoms with E-state index < -0.39 is 28.4 Å². The number of aromatic amines is 1. The van der Waals surface area contributed by atoms with Crippen LogP contribution in [0.2, 0.25) is 0 Å². The normalized spacial score (nSPS) is 11.9. The van der Waals surface area contributed by atoms with Gasteiger partial charge in [0.15, 0.2) is 0 Å². The predicted octanol–water partition coefficient (Wildman–Crippen LogP) is 1.65. The molecule has 0 aliphatic heterocycles. The molecule has 0 aliphatic carbocycles. The zero-order chi connectivity index (χ0) is 11.9. The van der Waals surface area contributed by atoms with Crippen LogP contribution in [0.5, 0.6) is 5.75 Å². The van der Waals surface area contributed by atoms with Crippen molar-refractivity contribution in [3.05, 3.63) is 34.4 Å². The molecule has 0 spiro atoms. The summed E-state index contributed by atoms with van der Waals surface area (Å²) in [6.45, 7) is 0. The second-order valence-electron chi connectivity index (χ2n) is 3.09. The molecule has 0 bridgehead atoms. The van der Waals surface area contributed by atoms with Crippen LogP contribution in [-0.4, -0.2) is 15.1 Å². The van der Waals surface area contributed by atoms with Crippen molar-refractivity contribution in [2.45, 2.75) is 6.18 Å². The summed E-state index contributed by atoms with van der Waals surface area (Å²) in [6, 6.07) is 1.51. The number of phenolic OH excluding ortho intramolecular Hbond substituents is 1. The standard InChI is InChI=1S/C9H5F3N2O2/c10-9(11,12)4-1-2-5(15)7-6(4)8(16)14-3-13-7/h1-3,15H,(H,13,14,16). The molecular formula is C9H5F3N2O2.